The Morgan fingerprint density at radius 1 is 1.05 bits per heavy atom. The fourth-order valence-corrected chi connectivity index (χ4v) is 5.03. The number of thioether (sulfide) groups is 1. The molecule has 1 aliphatic rings. The Hall–Kier alpha value is -4.02. The number of benzene rings is 2. The zero-order chi connectivity index (χ0) is 26.1. The minimum Gasteiger partial charge on any atom is -0.497 e. The Kier molecular flexibility index (Phi) is 6.77. The summed E-state index contributed by atoms with van der Waals surface area (Å²) in [6.45, 7) is 2.10. The van der Waals surface area contributed by atoms with Gasteiger partial charge in [0.05, 0.1) is 18.6 Å². The van der Waals surface area contributed by atoms with Crippen LogP contribution in [0.4, 0.5) is 4.39 Å². The number of pyridine rings is 1. The van der Waals surface area contributed by atoms with Crippen LogP contribution in [0.5, 0.6) is 17.4 Å². The molecule has 0 spiro atoms. The predicted molar refractivity (Wildman–Crippen MR) is 144 cm³/mol. The normalized spacial score (nSPS) is 14.6. The molecule has 1 saturated heterocycles. The number of aryl methyl sites for hydroxylation is 1. The summed E-state index contributed by atoms with van der Waals surface area (Å²) < 4.78 is 26.3. The number of carbonyl (C=O) groups is 1. The summed E-state index contributed by atoms with van der Waals surface area (Å²) in [5.41, 5.74) is 1.72. The topological polar surface area (TPSA) is 73.1 Å². The van der Waals surface area contributed by atoms with E-state index in [4.69, 9.17) is 21.7 Å². The lowest BCUT2D eigenvalue weighted by Gasteiger charge is -2.14. The minimum atomic E-state index is -0.421. The van der Waals surface area contributed by atoms with Gasteiger partial charge in [-0.2, -0.15) is 4.98 Å². The standard InChI is InChI=1S/C27H20FN3O4S2/c1-16-4-3-13-30-23(16)29-24(35-20-11-7-18(28)8-12-20)21(25(30)32)14-22-26(33)31(27(36)37-22)15-17-5-9-19(34-2)10-6-17/h3-14H,15H2,1-2H3/b22-14+. The van der Waals surface area contributed by atoms with E-state index in [1.807, 2.05) is 37.3 Å². The first-order valence-corrected chi connectivity index (χ1v) is 12.4. The van der Waals surface area contributed by atoms with E-state index in [9.17, 15) is 14.0 Å². The predicted octanol–water partition coefficient (Wildman–Crippen LogP) is 5.34. The zero-order valence-electron chi connectivity index (χ0n) is 19.8. The fourth-order valence-electron chi connectivity index (χ4n) is 3.79. The highest BCUT2D eigenvalue weighted by molar-refractivity contribution is 8.26. The smallest absolute Gasteiger partial charge is 0.269 e. The molecule has 10 heteroatoms. The van der Waals surface area contributed by atoms with Crippen molar-refractivity contribution in [2.45, 2.75) is 13.5 Å². The van der Waals surface area contributed by atoms with Crippen molar-refractivity contribution in [3.63, 3.8) is 0 Å². The first-order chi connectivity index (χ1) is 17.8. The van der Waals surface area contributed by atoms with Crippen molar-refractivity contribution in [2.75, 3.05) is 7.11 Å². The van der Waals surface area contributed by atoms with Crippen molar-refractivity contribution < 1.29 is 18.7 Å². The quantitative estimate of drug-likeness (QED) is 0.245. The van der Waals surface area contributed by atoms with E-state index in [2.05, 4.69) is 4.98 Å². The lowest BCUT2D eigenvalue weighted by molar-refractivity contribution is -0.122. The molecule has 5 rings (SSSR count). The van der Waals surface area contributed by atoms with E-state index >= 15 is 0 Å². The number of rotatable bonds is 6. The number of thiocarbonyl (C=S) groups is 1. The van der Waals surface area contributed by atoms with Crippen LogP contribution >= 0.6 is 24.0 Å². The average molecular weight is 534 g/mol. The van der Waals surface area contributed by atoms with Gasteiger partial charge in [-0.1, -0.05) is 42.2 Å². The van der Waals surface area contributed by atoms with Gasteiger partial charge in [0, 0.05) is 6.20 Å². The number of carbonyl (C=O) groups excluding carboxylic acids is 1. The molecular weight excluding hydrogens is 513 g/mol. The third-order valence-electron chi connectivity index (χ3n) is 5.73. The van der Waals surface area contributed by atoms with Gasteiger partial charge in [0.15, 0.2) is 0 Å². The molecule has 1 fully saturated rings. The van der Waals surface area contributed by atoms with Crippen LogP contribution in [0.3, 0.4) is 0 Å². The molecule has 1 amide bonds. The molecule has 37 heavy (non-hydrogen) atoms. The average Bonchev–Trinajstić information content (AvgIpc) is 3.16. The lowest BCUT2D eigenvalue weighted by atomic mass is 10.2. The largest absolute Gasteiger partial charge is 0.497 e. The Morgan fingerprint density at radius 2 is 1.76 bits per heavy atom. The van der Waals surface area contributed by atoms with E-state index in [1.165, 1.54) is 39.6 Å². The third-order valence-corrected chi connectivity index (χ3v) is 7.10. The van der Waals surface area contributed by atoms with Crippen LogP contribution in [-0.4, -0.2) is 31.6 Å². The summed E-state index contributed by atoms with van der Waals surface area (Å²) in [5, 5.41) is 0. The molecule has 0 unspecified atom stereocenters. The van der Waals surface area contributed by atoms with Gasteiger partial charge in [-0.3, -0.25) is 18.9 Å². The number of halogens is 1. The summed E-state index contributed by atoms with van der Waals surface area (Å²) in [5.74, 6) is 0.268. The monoisotopic (exact) mass is 533 g/mol. The number of hydrogen-bond acceptors (Lipinski definition) is 7. The lowest BCUT2D eigenvalue weighted by Crippen LogP contribution is -2.27. The number of fused-ring (bicyclic) bond motifs is 1. The van der Waals surface area contributed by atoms with Crippen LogP contribution in [0.25, 0.3) is 11.7 Å². The second-order valence-electron chi connectivity index (χ2n) is 8.19. The molecule has 0 N–H and O–H groups in total. The van der Waals surface area contributed by atoms with Crippen molar-refractivity contribution in [1.82, 2.24) is 14.3 Å². The molecule has 2 aromatic carbocycles. The summed E-state index contributed by atoms with van der Waals surface area (Å²) in [6, 6.07) is 16.3. The van der Waals surface area contributed by atoms with Gasteiger partial charge in [0.25, 0.3) is 11.5 Å². The Bertz CT molecular complexity index is 1620. The number of amides is 1. The molecule has 4 aromatic rings. The van der Waals surface area contributed by atoms with Gasteiger partial charge in [0.2, 0.25) is 5.88 Å². The molecule has 0 bridgehead atoms. The third kappa shape index (κ3) is 4.98. The molecule has 186 valence electrons. The van der Waals surface area contributed by atoms with Crippen LogP contribution in [0, 0.1) is 12.7 Å². The summed E-state index contributed by atoms with van der Waals surface area (Å²) in [7, 11) is 1.58. The van der Waals surface area contributed by atoms with Gasteiger partial charge < -0.3 is 9.47 Å². The Morgan fingerprint density at radius 3 is 2.46 bits per heavy atom. The van der Waals surface area contributed by atoms with Crippen LogP contribution in [0.2, 0.25) is 0 Å². The van der Waals surface area contributed by atoms with E-state index in [1.54, 1.807) is 19.4 Å². The first-order valence-electron chi connectivity index (χ1n) is 11.2. The molecule has 7 nitrogen and oxygen atoms in total. The molecular formula is C27H20FN3O4S2. The number of ether oxygens (including phenoxy) is 2. The highest BCUT2D eigenvalue weighted by Crippen LogP contribution is 2.35. The molecule has 0 saturated carbocycles. The maximum Gasteiger partial charge on any atom is 0.269 e. The molecule has 0 aliphatic carbocycles. The SMILES string of the molecule is COc1ccc(CN2C(=O)/C(=C\c3c(Oc4ccc(F)cc4)nc4c(C)cccn4c3=O)SC2=S)cc1. The van der Waals surface area contributed by atoms with Crippen LogP contribution in [0.1, 0.15) is 16.7 Å². The summed E-state index contributed by atoms with van der Waals surface area (Å²) in [6.07, 6.45) is 3.06. The first kappa shape index (κ1) is 24.7. The molecule has 0 atom stereocenters. The van der Waals surface area contributed by atoms with Crippen molar-refractivity contribution in [2.24, 2.45) is 0 Å². The summed E-state index contributed by atoms with van der Waals surface area (Å²) >= 11 is 6.57. The minimum absolute atomic E-state index is 0.00586. The van der Waals surface area contributed by atoms with Crippen LogP contribution in [-0.2, 0) is 11.3 Å². The van der Waals surface area contributed by atoms with Gasteiger partial charge in [0.1, 0.15) is 32.8 Å². The number of methoxy groups -OCH3 is 1. The summed E-state index contributed by atoms with van der Waals surface area (Å²) in [4.78, 5) is 33.1. The maximum atomic E-state index is 13.5. The highest BCUT2D eigenvalue weighted by Gasteiger charge is 2.33. The Labute approximate surface area is 221 Å². The fraction of sp³-hybridized carbons (Fsp3) is 0.111. The molecule has 3 heterocycles. The van der Waals surface area contributed by atoms with E-state index in [0.29, 0.717) is 21.5 Å². The van der Waals surface area contributed by atoms with E-state index < -0.39 is 11.4 Å². The van der Waals surface area contributed by atoms with Gasteiger partial charge in [-0.25, -0.2) is 4.39 Å². The van der Waals surface area contributed by atoms with Crippen molar-refractivity contribution in [1.29, 1.82) is 0 Å². The number of aromatic nitrogens is 2. The van der Waals surface area contributed by atoms with Crippen LogP contribution < -0.4 is 15.0 Å². The van der Waals surface area contributed by atoms with Gasteiger partial charge in [-0.05, 0) is 66.6 Å². The second-order valence-corrected chi connectivity index (χ2v) is 9.87. The number of hydrogen-bond donors (Lipinski definition) is 0. The van der Waals surface area contributed by atoms with Gasteiger partial charge in [-0.15, -0.1) is 0 Å². The molecule has 2 aromatic heterocycles. The highest BCUT2D eigenvalue weighted by atomic mass is 32.2. The van der Waals surface area contributed by atoms with E-state index in [0.717, 1.165) is 22.9 Å². The van der Waals surface area contributed by atoms with Gasteiger partial charge >= 0.3 is 0 Å². The second kappa shape index (κ2) is 10.2. The molecule has 0 radical (unpaired) electrons. The molecule has 1 aliphatic heterocycles. The van der Waals surface area contributed by atoms with Crippen LogP contribution in [0.15, 0.2) is 76.6 Å². The maximum absolute atomic E-state index is 13.5. The van der Waals surface area contributed by atoms with Crippen molar-refractivity contribution in [3.8, 4) is 17.4 Å². The van der Waals surface area contributed by atoms with Crippen molar-refractivity contribution in [3.05, 3.63) is 105 Å². The zero-order valence-corrected chi connectivity index (χ0v) is 21.4. The van der Waals surface area contributed by atoms with E-state index in [-0.39, 0.29) is 28.8 Å². The number of nitrogens with zero attached hydrogens (tertiary/aromatic N) is 3. The Balaban J connectivity index is 1.54. The van der Waals surface area contributed by atoms with Crippen molar-refractivity contribution >= 4 is 45.9 Å².